The number of rotatable bonds is 6. The van der Waals surface area contributed by atoms with Crippen molar-refractivity contribution in [1.29, 1.82) is 5.26 Å². The Morgan fingerprint density at radius 1 is 1.26 bits per heavy atom. The molecule has 9 heteroatoms. The highest BCUT2D eigenvalue weighted by atomic mass is 35.5. The molecule has 2 aromatic carbocycles. The van der Waals surface area contributed by atoms with Crippen LogP contribution in [0.5, 0.6) is 0 Å². The summed E-state index contributed by atoms with van der Waals surface area (Å²) in [6.45, 7) is 0. The second-order valence-electron chi connectivity index (χ2n) is 5.66. The van der Waals surface area contributed by atoms with Gasteiger partial charge < -0.3 is 10.6 Å². The molecule has 0 bridgehead atoms. The Hall–Kier alpha value is -2.60. The molecule has 0 aliphatic heterocycles. The van der Waals surface area contributed by atoms with E-state index in [9.17, 15) is 18.8 Å². The van der Waals surface area contributed by atoms with Gasteiger partial charge in [0.1, 0.15) is 4.99 Å². The van der Waals surface area contributed by atoms with E-state index in [0.29, 0.717) is 10.7 Å². The van der Waals surface area contributed by atoms with Crippen molar-refractivity contribution in [2.24, 2.45) is 11.7 Å². The number of anilines is 2. The molecule has 1 unspecified atom stereocenters. The maximum absolute atomic E-state index is 12.9. The minimum atomic E-state index is -3.36. The third-order valence-electron chi connectivity index (χ3n) is 3.42. The number of benzene rings is 2. The van der Waals surface area contributed by atoms with Gasteiger partial charge in [-0.15, -0.1) is 0 Å². The average Bonchev–Trinajstić information content (AvgIpc) is 2.56. The fourth-order valence-electron chi connectivity index (χ4n) is 2.25. The van der Waals surface area contributed by atoms with E-state index in [-0.39, 0.29) is 16.2 Å². The Morgan fingerprint density at radius 2 is 1.96 bits per heavy atom. The highest BCUT2D eigenvalue weighted by Crippen LogP contribution is 2.22. The Labute approximate surface area is 165 Å². The van der Waals surface area contributed by atoms with Crippen LogP contribution in [0.4, 0.5) is 20.2 Å². The van der Waals surface area contributed by atoms with Crippen molar-refractivity contribution < 1.29 is 13.6 Å². The number of nitrogens with one attached hydrogen (secondary N) is 2. The molecule has 0 aromatic heterocycles. The Morgan fingerprint density at radius 3 is 2.59 bits per heavy atom. The van der Waals surface area contributed by atoms with E-state index in [1.54, 1.807) is 24.3 Å². The molecule has 5 nitrogen and oxygen atoms in total. The maximum Gasteiger partial charge on any atom is 0.304 e. The maximum atomic E-state index is 12.9. The van der Waals surface area contributed by atoms with E-state index >= 15 is 0 Å². The molecule has 0 spiro atoms. The van der Waals surface area contributed by atoms with Gasteiger partial charge in [-0.25, -0.2) is 0 Å². The summed E-state index contributed by atoms with van der Waals surface area (Å²) in [5.41, 5.74) is 5.67. The lowest BCUT2D eigenvalue weighted by Crippen LogP contribution is -2.32. The summed E-state index contributed by atoms with van der Waals surface area (Å²) >= 11 is 11.2. The van der Waals surface area contributed by atoms with E-state index in [4.69, 9.17) is 29.6 Å². The minimum absolute atomic E-state index is 0.0345. The molecule has 2 rings (SSSR count). The molecule has 4 N–H and O–H groups in total. The van der Waals surface area contributed by atoms with E-state index in [1.807, 2.05) is 6.07 Å². The average molecular weight is 409 g/mol. The smallest absolute Gasteiger partial charge is 0.304 e. The van der Waals surface area contributed by atoms with Crippen LogP contribution < -0.4 is 16.4 Å². The van der Waals surface area contributed by atoms with Gasteiger partial charge in [-0.3, -0.25) is 10.5 Å². The zero-order valence-electron chi connectivity index (χ0n) is 13.9. The van der Waals surface area contributed by atoms with E-state index < -0.39 is 24.3 Å². The van der Waals surface area contributed by atoms with Crippen LogP contribution in [0.1, 0.15) is 5.56 Å². The first kappa shape index (κ1) is 20.7. The van der Waals surface area contributed by atoms with Gasteiger partial charge in [0, 0.05) is 5.69 Å². The van der Waals surface area contributed by atoms with Gasteiger partial charge in [0.2, 0.25) is 5.91 Å². The highest BCUT2D eigenvalue weighted by molar-refractivity contribution is 7.80. The molecule has 140 valence electrons. The van der Waals surface area contributed by atoms with Crippen molar-refractivity contribution >= 4 is 46.1 Å². The molecule has 0 aliphatic carbocycles. The molecule has 2 aromatic rings. The van der Waals surface area contributed by atoms with Crippen LogP contribution >= 0.6 is 23.8 Å². The van der Waals surface area contributed by atoms with Gasteiger partial charge in [-0.1, -0.05) is 48.1 Å². The second kappa shape index (κ2) is 8.86. The topological polar surface area (TPSA) is 90.9 Å². The number of thiocarbonyl (C=S) groups is 1. The van der Waals surface area contributed by atoms with Crippen molar-refractivity contribution in [2.45, 2.75) is 12.5 Å². The summed E-state index contributed by atoms with van der Waals surface area (Å²) in [5.74, 6) is -1.99. The summed E-state index contributed by atoms with van der Waals surface area (Å²) in [4.78, 5) is 12.4. The van der Waals surface area contributed by atoms with Crippen molar-refractivity contribution in [2.75, 3.05) is 10.6 Å². The van der Waals surface area contributed by atoms with Crippen LogP contribution in [0, 0.1) is 17.2 Å². The Balaban J connectivity index is 2.09. The van der Waals surface area contributed by atoms with Crippen molar-refractivity contribution in [3.63, 3.8) is 0 Å². The number of hydrogen-bond acceptors (Lipinski definition) is 4. The van der Waals surface area contributed by atoms with Gasteiger partial charge in [-0.2, -0.15) is 14.0 Å². The molecule has 0 aliphatic rings. The summed E-state index contributed by atoms with van der Waals surface area (Å²) in [6.07, 6.45) is -0.676. The number of halogens is 3. The fourth-order valence-corrected chi connectivity index (χ4v) is 2.70. The third kappa shape index (κ3) is 6.25. The monoisotopic (exact) mass is 408 g/mol. The molecule has 1 amide bonds. The predicted octanol–water partition coefficient (Wildman–Crippen LogP) is 3.95. The first-order chi connectivity index (χ1) is 12.7. The number of amides is 1. The first-order valence-corrected chi connectivity index (χ1v) is 8.50. The first-order valence-electron chi connectivity index (χ1n) is 7.71. The van der Waals surface area contributed by atoms with Crippen LogP contribution in [0.15, 0.2) is 48.5 Å². The van der Waals surface area contributed by atoms with Gasteiger partial charge in [-0.05, 0) is 29.8 Å². The normalized spacial score (nSPS) is 12.0. The number of nitrogens with two attached hydrogens (primary N) is 1. The van der Waals surface area contributed by atoms with E-state index in [0.717, 1.165) is 0 Å². The number of carbonyl (C=O) groups excluding carboxylic acids is 1. The lowest BCUT2D eigenvalue weighted by Gasteiger charge is -2.15. The Bertz CT molecular complexity index is 895. The summed E-state index contributed by atoms with van der Waals surface area (Å²) in [6, 6.07) is 11.0. The Kier molecular flexibility index (Phi) is 6.80. The summed E-state index contributed by atoms with van der Waals surface area (Å²) in [5, 5.41) is 15.0. The molecule has 0 fully saturated rings. The fraction of sp³-hybridized carbons (Fsp3) is 0.167. The largest absolute Gasteiger partial charge is 0.347 e. The van der Waals surface area contributed by atoms with Crippen molar-refractivity contribution in [3.05, 3.63) is 59.1 Å². The number of nitrogens with zero attached hydrogens (tertiary/aromatic N) is 1. The minimum Gasteiger partial charge on any atom is -0.347 e. The highest BCUT2D eigenvalue weighted by Gasteiger charge is 2.25. The lowest BCUT2D eigenvalue weighted by atomic mass is 10.1. The number of carbonyl (C=O) groups is 1. The molecule has 1 atom stereocenters. The molecule has 27 heavy (non-hydrogen) atoms. The molecule has 0 saturated heterocycles. The summed E-state index contributed by atoms with van der Waals surface area (Å²) < 4.78 is 25.9. The molecule has 0 heterocycles. The lowest BCUT2D eigenvalue weighted by molar-refractivity contribution is -0.116. The molecular weight excluding hydrogens is 394 g/mol. The van der Waals surface area contributed by atoms with Crippen molar-refractivity contribution in [3.8, 4) is 6.07 Å². The summed E-state index contributed by atoms with van der Waals surface area (Å²) in [7, 11) is 0. The molecular formula is C18H15ClF2N4OS. The van der Waals surface area contributed by atoms with Crippen LogP contribution in [-0.4, -0.2) is 16.9 Å². The SMILES string of the molecule is N#CC(C(=O)Nc1cccc(CC(N)(F)F)c1)C(=S)Nc1ccccc1Cl. The van der Waals surface area contributed by atoms with Gasteiger partial charge in [0.25, 0.3) is 0 Å². The number of alkyl halides is 2. The zero-order chi connectivity index (χ0) is 20.0. The second-order valence-corrected chi connectivity index (χ2v) is 6.51. The van der Waals surface area contributed by atoms with Gasteiger partial charge >= 0.3 is 6.05 Å². The van der Waals surface area contributed by atoms with E-state index in [2.05, 4.69) is 10.6 Å². The number of nitriles is 1. The predicted molar refractivity (Wildman–Crippen MR) is 105 cm³/mol. The van der Waals surface area contributed by atoms with Crippen LogP contribution in [0.3, 0.4) is 0 Å². The standard InChI is InChI=1S/C18H15ClF2N4OS/c19-14-6-1-2-7-15(14)25-17(27)13(10-22)16(26)24-12-5-3-4-11(8-12)9-18(20,21)23/h1-8,13H,9,23H2,(H,24,26)(H,25,27). The molecule has 0 saturated carbocycles. The van der Waals surface area contributed by atoms with Gasteiger partial charge in [0.05, 0.1) is 23.2 Å². The van der Waals surface area contributed by atoms with Crippen LogP contribution in [-0.2, 0) is 11.2 Å². The van der Waals surface area contributed by atoms with Gasteiger partial charge in [0.15, 0.2) is 5.92 Å². The number of para-hydroxylation sites is 1. The van der Waals surface area contributed by atoms with E-state index in [1.165, 1.54) is 24.3 Å². The molecule has 0 radical (unpaired) electrons. The third-order valence-corrected chi connectivity index (χ3v) is 4.09. The van der Waals surface area contributed by atoms with Crippen molar-refractivity contribution in [1.82, 2.24) is 0 Å². The quantitative estimate of drug-likeness (QED) is 0.497. The van der Waals surface area contributed by atoms with Crippen LogP contribution in [0.2, 0.25) is 5.02 Å². The number of hydrogen-bond donors (Lipinski definition) is 3. The van der Waals surface area contributed by atoms with Crippen LogP contribution in [0.25, 0.3) is 0 Å². The zero-order valence-corrected chi connectivity index (χ0v) is 15.5.